The van der Waals surface area contributed by atoms with Crippen molar-refractivity contribution < 1.29 is 0 Å². The Morgan fingerprint density at radius 2 is 1.47 bits per heavy atom. The molecule has 82 valence electrons. The normalized spacial score (nSPS) is 11.1. The van der Waals surface area contributed by atoms with E-state index in [1.807, 2.05) is 12.1 Å². The molecule has 0 radical (unpaired) electrons. The van der Waals surface area contributed by atoms with E-state index in [0.29, 0.717) is 11.8 Å². The van der Waals surface area contributed by atoms with Crippen LogP contribution in [0.3, 0.4) is 0 Å². The minimum atomic E-state index is 0.418. The fourth-order valence-corrected chi connectivity index (χ4v) is 1.94. The molecule has 0 bridgehead atoms. The molecule has 0 saturated carbocycles. The molecule has 1 aromatic carbocycles. The Morgan fingerprint density at radius 3 is 1.73 bits per heavy atom. The van der Waals surface area contributed by atoms with Crippen LogP contribution in [-0.4, -0.2) is 6.72 Å². The standard InChI is InChI=1S/C13H18ClN/c1-8(2)11-6-10(14)7-12(9(3)4)13(11)15-5/h6-9H,5H2,1-4H3. The first-order valence-electron chi connectivity index (χ1n) is 5.27. The first-order valence-corrected chi connectivity index (χ1v) is 5.65. The van der Waals surface area contributed by atoms with Crippen LogP contribution in [0.4, 0.5) is 5.69 Å². The van der Waals surface area contributed by atoms with Crippen molar-refractivity contribution in [3.05, 3.63) is 28.3 Å². The topological polar surface area (TPSA) is 12.4 Å². The second kappa shape index (κ2) is 4.80. The van der Waals surface area contributed by atoms with Crippen LogP contribution in [0.25, 0.3) is 0 Å². The highest BCUT2D eigenvalue weighted by atomic mass is 35.5. The lowest BCUT2D eigenvalue weighted by atomic mass is 9.93. The molecule has 2 heteroatoms. The lowest BCUT2D eigenvalue weighted by Crippen LogP contribution is -1.95. The van der Waals surface area contributed by atoms with Gasteiger partial charge in [-0.2, -0.15) is 0 Å². The van der Waals surface area contributed by atoms with Crippen LogP contribution in [-0.2, 0) is 0 Å². The highest BCUT2D eigenvalue weighted by Gasteiger charge is 2.14. The van der Waals surface area contributed by atoms with Crippen LogP contribution in [0.1, 0.15) is 50.7 Å². The predicted octanol–water partition coefficient (Wildman–Crippen LogP) is 4.92. The van der Waals surface area contributed by atoms with Gasteiger partial charge in [0.25, 0.3) is 0 Å². The number of rotatable bonds is 3. The van der Waals surface area contributed by atoms with Crippen LogP contribution in [0.2, 0.25) is 5.02 Å². The van der Waals surface area contributed by atoms with Gasteiger partial charge in [0.2, 0.25) is 0 Å². The summed E-state index contributed by atoms with van der Waals surface area (Å²) in [6, 6.07) is 3.98. The summed E-state index contributed by atoms with van der Waals surface area (Å²) in [6.45, 7) is 12.2. The van der Waals surface area contributed by atoms with Gasteiger partial charge < -0.3 is 0 Å². The third-order valence-corrected chi connectivity index (χ3v) is 2.75. The van der Waals surface area contributed by atoms with Crippen molar-refractivity contribution in [1.82, 2.24) is 0 Å². The third kappa shape index (κ3) is 2.60. The summed E-state index contributed by atoms with van der Waals surface area (Å²) in [5, 5.41) is 0.787. The van der Waals surface area contributed by atoms with Crippen LogP contribution >= 0.6 is 11.6 Å². The molecule has 0 aliphatic heterocycles. The third-order valence-electron chi connectivity index (χ3n) is 2.54. The van der Waals surface area contributed by atoms with Crippen molar-refractivity contribution in [2.45, 2.75) is 39.5 Å². The molecule has 0 saturated heterocycles. The Bertz CT molecular complexity index is 338. The van der Waals surface area contributed by atoms with Crippen molar-refractivity contribution in [3.63, 3.8) is 0 Å². The average molecular weight is 224 g/mol. The first-order chi connectivity index (χ1) is 6.97. The molecule has 0 aliphatic carbocycles. The van der Waals surface area contributed by atoms with E-state index >= 15 is 0 Å². The molecule has 0 aromatic heterocycles. The lowest BCUT2D eigenvalue weighted by Gasteiger charge is -2.16. The molecule has 1 aromatic rings. The molecule has 0 N–H and O–H groups in total. The van der Waals surface area contributed by atoms with E-state index in [-0.39, 0.29) is 0 Å². The molecule has 0 spiro atoms. The van der Waals surface area contributed by atoms with Gasteiger partial charge in [-0.3, -0.25) is 4.99 Å². The monoisotopic (exact) mass is 223 g/mol. The molecule has 1 nitrogen and oxygen atoms in total. The van der Waals surface area contributed by atoms with Gasteiger partial charge in [-0.25, -0.2) is 0 Å². The molecule has 15 heavy (non-hydrogen) atoms. The van der Waals surface area contributed by atoms with Gasteiger partial charge in [-0.05, 0) is 41.8 Å². The van der Waals surface area contributed by atoms with Gasteiger partial charge in [0, 0.05) is 5.02 Å². The van der Waals surface area contributed by atoms with Crippen LogP contribution in [0.15, 0.2) is 17.1 Å². The van der Waals surface area contributed by atoms with E-state index in [9.17, 15) is 0 Å². The fraction of sp³-hybridized carbons (Fsp3) is 0.462. The van der Waals surface area contributed by atoms with E-state index in [1.165, 1.54) is 11.1 Å². The summed E-state index contributed by atoms with van der Waals surface area (Å²) in [4.78, 5) is 4.15. The summed E-state index contributed by atoms with van der Waals surface area (Å²) in [6.07, 6.45) is 0. The van der Waals surface area contributed by atoms with E-state index in [2.05, 4.69) is 39.4 Å². The van der Waals surface area contributed by atoms with Gasteiger partial charge >= 0.3 is 0 Å². The fourth-order valence-electron chi connectivity index (χ4n) is 1.70. The van der Waals surface area contributed by atoms with Crippen molar-refractivity contribution >= 4 is 24.0 Å². The predicted molar refractivity (Wildman–Crippen MR) is 68.8 cm³/mol. The van der Waals surface area contributed by atoms with Crippen LogP contribution in [0, 0.1) is 0 Å². The average Bonchev–Trinajstić information content (AvgIpc) is 2.16. The quantitative estimate of drug-likeness (QED) is 0.645. The van der Waals surface area contributed by atoms with Gasteiger partial charge in [-0.1, -0.05) is 39.3 Å². The maximum absolute atomic E-state index is 6.11. The molecule has 0 fully saturated rings. The number of hydrogen-bond donors (Lipinski definition) is 0. The Kier molecular flexibility index (Phi) is 3.92. The van der Waals surface area contributed by atoms with Gasteiger partial charge in [0.1, 0.15) is 0 Å². The van der Waals surface area contributed by atoms with Gasteiger partial charge in [-0.15, -0.1) is 0 Å². The minimum absolute atomic E-state index is 0.418. The van der Waals surface area contributed by atoms with Crippen molar-refractivity contribution in [3.8, 4) is 0 Å². The lowest BCUT2D eigenvalue weighted by molar-refractivity contribution is 0.835. The number of benzene rings is 1. The maximum atomic E-state index is 6.11. The zero-order valence-electron chi connectivity index (χ0n) is 9.84. The first kappa shape index (κ1) is 12.3. The summed E-state index contributed by atoms with van der Waals surface area (Å²) >= 11 is 6.11. The smallest absolute Gasteiger partial charge is 0.0692 e. The van der Waals surface area contributed by atoms with Gasteiger partial charge in [0.15, 0.2) is 0 Å². The summed E-state index contributed by atoms with van der Waals surface area (Å²) < 4.78 is 0. The minimum Gasteiger partial charge on any atom is -0.264 e. The summed E-state index contributed by atoms with van der Waals surface area (Å²) in [5.41, 5.74) is 3.37. The summed E-state index contributed by atoms with van der Waals surface area (Å²) in [7, 11) is 0. The Morgan fingerprint density at radius 1 is 1.07 bits per heavy atom. The largest absolute Gasteiger partial charge is 0.264 e. The number of aliphatic imine (C=N–C) groups is 1. The molecule has 0 amide bonds. The number of nitrogens with zero attached hydrogens (tertiary/aromatic N) is 1. The van der Waals surface area contributed by atoms with Gasteiger partial charge in [0.05, 0.1) is 5.69 Å². The van der Waals surface area contributed by atoms with E-state index in [0.717, 1.165) is 10.7 Å². The highest BCUT2D eigenvalue weighted by Crippen LogP contribution is 2.36. The number of hydrogen-bond acceptors (Lipinski definition) is 1. The Hall–Kier alpha value is -0.820. The molecule has 0 unspecified atom stereocenters. The van der Waals surface area contributed by atoms with Crippen molar-refractivity contribution in [1.29, 1.82) is 0 Å². The number of halogens is 1. The maximum Gasteiger partial charge on any atom is 0.0692 e. The molecule has 1 rings (SSSR count). The molecular formula is C13H18ClN. The second-order valence-electron chi connectivity index (χ2n) is 4.40. The van der Waals surface area contributed by atoms with Crippen molar-refractivity contribution in [2.75, 3.05) is 0 Å². The highest BCUT2D eigenvalue weighted by molar-refractivity contribution is 6.30. The van der Waals surface area contributed by atoms with E-state index in [1.54, 1.807) is 0 Å². The molecule has 0 aliphatic rings. The zero-order chi connectivity index (χ0) is 11.6. The Balaban J connectivity index is 3.45. The Labute approximate surface area is 97.2 Å². The molecular weight excluding hydrogens is 206 g/mol. The van der Waals surface area contributed by atoms with E-state index < -0.39 is 0 Å². The molecule has 0 heterocycles. The summed E-state index contributed by atoms with van der Waals surface area (Å²) in [5.74, 6) is 0.836. The zero-order valence-corrected chi connectivity index (χ0v) is 10.6. The van der Waals surface area contributed by atoms with Crippen molar-refractivity contribution in [2.24, 2.45) is 4.99 Å². The molecule has 0 atom stereocenters. The van der Waals surface area contributed by atoms with E-state index in [4.69, 9.17) is 11.6 Å². The van der Waals surface area contributed by atoms with Crippen LogP contribution in [0.5, 0.6) is 0 Å². The van der Waals surface area contributed by atoms with Crippen LogP contribution < -0.4 is 0 Å². The second-order valence-corrected chi connectivity index (χ2v) is 4.84. The SMILES string of the molecule is C=Nc1c(C(C)C)cc(Cl)cc1C(C)C.